The normalized spacial score (nSPS) is 19.1. The number of nitrogens with one attached hydrogen (secondary N) is 1. The molecule has 0 bridgehead atoms. The summed E-state index contributed by atoms with van der Waals surface area (Å²) in [6.45, 7) is 5.16. The number of benzene rings is 1. The summed E-state index contributed by atoms with van der Waals surface area (Å²) in [5, 5.41) is 2.23. The van der Waals surface area contributed by atoms with Gasteiger partial charge in [-0.3, -0.25) is 9.99 Å². The molecule has 4 rings (SSSR count). The van der Waals surface area contributed by atoms with Crippen LogP contribution in [0.3, 0.4) is 0 Å². The van der Waals surface area contributed by atoms with Gasteiger partial charge in [0.25, 0.3) is 0 Å². The van der Waals surface area contributed by atoms with Crippen molar-refractivity contribution >= 4 is 11.3 Å². The summed E-state index contributed by atoms with van der Waals surface area (Å²) < 4.78 is 5.27. The van der Waals surface area contributed by atoms with Gasteiger partial charge in [0.1, 0.15) is 5.75 Å². The molecule has 0 saturated carbocycles. The molecule has 0 aliphatic carbocycles. The lowest BCUT2D eigenvalue weighted by molar-refractivity contribution is 0.232. The van der Waals surface area contributed by atoms with Crippen molar-refractivity contribution in [2.75, 3.05) is 18.6 Å². The van der Waals surface area contributed by atoms with E-state index in [1.54, 1.807) is 7.11 Å². The van der Waals surface area contributed by atoms with Gasteiger partial charge in [-0.05, 0) is 55.8 Å². The highest BCUT2D eigenvalue weighted by atomic mass is 16.5. The van der Waals surface area contributed by atoms with Gasteiger partial charge < -0.3 is 15.1 Å². The maximum atomic E-state index is 5.27. The zero-order valence-corrected chi connectivity index (χ0v) is 14.7. The highest BCUT2D eigenvalue weighted by molar-refractivity contribution is 5.81. The molecule has 0 amide bonds. The van der Waals surface area contributed by atoms with Crippen molar-refractivity contribution in [2.45, 2.75) is 19.9 Å². The first-order valence-electron chi connectivity index (χ1n) is 8.47. The Hall–Kier alpha value is -2.95. The van der Waals surface area contributed by atoms with Crippen LogP contribution in [0.2, 0.25) is 0 Å². The molecule has 128 valence electrons. The number of allylic oxidation sites excluding steroid dienone is 1. The highest BCUT2D eigenvalue weighted by Crippen LogP contribution is 2.35. The first-order valence-corrected chi connectivity index (χ1v) is 8.47. The van der Waals surface area contributed by atoms with Crippen molar-refractivity contribution < 1.29 is 4.74 Å². The van der Waals surface area contributed by atoms with Crippen LogP contribution in [0, 0.1) is 6.92 Å². The molecule has 0 fully saturated rings. The van der Waals surface area contributed by atoms with Gasteiger partial charge in [0.05, 0.1) is 18.8 Å². The second-order valence-corrected chi connectivity index (χ2v) is 6.46. The lowest BCUT2D eigenvalue weighted by Crippen LogP contribution is -2.47. The summed E-state index contributed by atoms with van der Waals surface area (Å²) in [5.41, 5.74) is 9.14. The molecule has 0 spiro atoms. The zero-order valence-electron chi connectivity index (χ0n) is 14.7. The van der Waals surface area contributed by atoms with E-state index < -0.39 is 0 Å². The number of methoxy groups -OCH3 is 1. The summed E-state index contributed by atoms with van der Waals surface area (Å²) in [6, 6.07) is 12.7. The van der Waals surface area contributed by atoms with Gasteiger partial charge in [-0.25, -0.2) is 0 Å². The minimum absolute atomic E-state index is 0.346. The molecular weight excluding hydrogens is 312 g/mol. The van der Waals surface area contributed by atoms with Crippen molar-refractivity contribution in [3.63, 3.8) is 0 Å². The average Bonchev–Trinajstić information content (AvgIpc) is 3.06. The number of hydrogen-bond donors (Lipinski definition) is 1. The van der Waals surface area contributed by atoms with E-state index in [1.807, 2.05) is 25.3 Å². The summed E-state index contributed by atoms with van der Waals surface area (Å²) in [6.07, 6.45) is 6.15. The SMILES string of the molecule is COc1ccc(N2C=C3C(c4ccnc(C)c4)=CNN3[C@@H](C)C2)cc1. The molecule has 1 atom stereocenters. The lowest BCUT2D eigenvalue weighted by Gasteiger charge is -2.38. The van der Waals surface area contributed by atoms with Crippen LogP contribution in [0.15, 0.2) is 60.7 Å². The monoisotopic (exact) mass is 334 g/mol. The van der Waals surface area contributed by atoms with Crippen LogP contribution >= 0.6 is 0 Å². The third-order valence-corrected chi connectivity index (χ3v) is 4.68. The third kappa shape index (κ3) is 2.82. The van der Waals surface area contributed by atoms with E-state index in [2.05, 4.69) is 63.9 Å². The summed E-state index contributed by atoms with van der Waals surface area (Å²) in [5.74, 6) is 0.874. The van der Waals surface area contributed by atoms with Gasteiger partial charge in [-0.2, -0.15) is 0 Å². The van der Waals surface area contributed by atoms with Crippen molar-refractivity contribution in [3.8, 4) is 5.75 Å². The van der Waals surface area contributed by atoms with Gasteiger partial charge in [-0.1, -0.05) is 0 Å². The second kappa shape index (κ2) is 6.16. The van der Waals surface area contributed by atoms with Crippen molar-refractivity contribution in [1.82, 2.24) is 15.4 Å². The number of aromatic nitrogens is 1. The Morgan fingerprint density at radius 1 is 1.20 bits per heavy atom. The molecule has 3 heterocycles. The third-order valence-electron chi connectivity index (χ3n) is 4.68. The fraction of sp³-hybridized carbons (Fsp3) is 0.250. The fourth-order valence-corrected chi connectivity index (χ4v) is 3.37. The van der Waals surface area contributed by atoms with E-state index in [9.17, 15) is 0 Å². The number of hydrazine groups is 1. The summed E-state index contributed by atoms with van der Waals surface area (Å²) in [4.78, 5) is 6.60. The van der Waals surface area contributed by atoms with E-state index in [0.717, 1.165) is 23.7 Å². The van der Waals surface area contributed by atoms with Crippen LogP contribution in [0.5, 0.6) is 5.75 Å². The Kier molecular flexibility index (Phi) is 3.84. The predicted molar refractivity (Wildman–Crippen MR) is 99.8 cm³/mol. The van der Waals surface area contributed by atoms with Crippen LogP contribution in [-0.4, -0.2) is 29.7 Å². The number of rotatable bonds is 3. The molecule has 0 radical (unpaired) electrons. The van der Waals surface area contributed by atoms with E-state index in [0.29, 0.717) is 6.04 Å². The molecule has 1 N–H and O–H groups in total. The molecular formula is C20H22N4O. The Morgan fingerprint density at radius 3 is 2.72 bits per heavy atom. The zero-order chi connectivity index (χ0) is 17.4. The average molecular weight is 334 g/mol. The van der Waals surface area contributed by atoms with Gasteiger partial charge in [-0.15, -0.1) is 0 Å². The fourth-order valence-electron chi connectivity index (χ4n) is 3.37. The number of anilines is 1. The molecule has 2 aliphatic rings. The molecule has 5 heteroatoms. The number of pyridine rings is 1. The number of aryl methyl sites for hydroxylation is 1. The number of nitrogens with zero attached hydrogens (tertiary/aromatic N) is 3. The minimum atomic E-state index is 0.346. The maximum Gasteiger partial charge on any atom is 0.119 e. The van der Waals surface area contributed by atoms with Crippen LogP contribution < -0.4 is 15.1 Å². The molecule has 5 nitrogen and oxygen atoms in total. The number of ether oxygens (including phenoxy) is 1. The molecule has 2 aliphatic heterocycles. The standard InChI is InChI=1S/C20H22N4O/c1-14-10-16(8-9-21-14)19-11-22-24-15(2)12-23(13-20(19)24)17-4-6-18(25-3)7-5-17/h4-11,13,15,22H,12H2,1-3H3/t15-/m0/s1. The molecule has 0 saturated heterocycles. The van der Waals surface area contributed by atoms with Gasteiger partial charge in [0, 0.05) is 42.1 Å². The quantitative estimate of drug-likeness (QED) is 0.932. The molecule has 25 heavy (non-hydrogen) atoms. The highest BCUT2D eigenvalue weighted by Gasteiger charge is 2.31. The molecule has 2 aromatic rings. The second-order valence-electron chi connectivity index (χ2n) is 6.46. The van der Waals surface area contributed by atoms with Crippen molar-refractivity contribution in [3.05, 3.63) is 71.9 Å². The molecule has 1 aromatic heterocycles. The Bertz CT molecular complexity index is 841. The summed E-state index contributed by atoms with van der Waals surface area (Å²) >= 11 is 0. The topological polar surface area (TPSA) is 40.6 Å². The van der Waals surface area contributed by atoms with Crippen LogP contribution in [0.1, 0.15) is 18.2 Å². The Morgan fingerprint density at radius 2 is 2.00 bits per heavy atom. The van der Waals surface area contributed by atoms with E-state index >= 15 is 0 Å². The predicted octanol–water partition coefficient (Wildman–Crippen LogP) is 3.31. The van der Waals surface area contributed by atoms with Crippen molar-refractivity contribution in [1.29, 1.82) is 0 Å². The maximum absolute atomic E-state index is 5.27. The first kappa shape index (κ1) is 15.6. The molecule has 1 aromatic carbocycles. The molecule has 0 unspecified atom stereocenters. The van der Waals surface area contributed by atoms with Crippen LogP contribution in [-0.2, 0) is 0 Å². The van der Waals surface area contributed by atoms with Gasteiger partial charge in [0.15, 0.2) is 0 Å². The van der Waals surface area contributed by atoms with Crippen molar-refractivity contribution in [2.24, 2.45) is 0 Å². The first-order chi connectivity index (χ1) is 12.2. The number of fused-ring (bicyclic) bond motifs is 1. The lowest BCUT2D eigenvalue weighted by atomic mass is 10.0. The van der Waals surface area contributed by atoms with E-state index in [1.165, 1.54) is 16.8 Å². The Labute approximate surface area is 148 Å². The van der Waals surface area contributed by atoms with E-state index in [-0.39, 0.29) is 0 Å². The largest absolute Gasteiger partial charge is 0.497 e. The van der Waals surface area contributed by atoms with Gasteiger partial charge >= 0.3 is 0 Å². The Balaban J connectivity index is 1.69. The van der Waals surface area contributed by atoms with Crippen LogP contribution in [0.4, 0.5) is 5.69 Å². The van der Waals surface area contributed by atoms with Crippen LogP contribution in [0.25, 0.3) is 5.57 Å². The van der Waals surface area contributed by atoms with E-state index in [4.69, 9.17) is 4.74 Å². The minimum Gasteiger partial charge on any atom is -0.497 e. The van der Waals surface area contributed by atoms with Gasteiger partial charge in [0.2, 0.25) is 0 Å². The smallest absolute Gasteiger partial charge is 0.119 e. The summed E-state index contributed by atoms with van der Waals surface area (Å²) in [7, 11) is 1.69. The number of hydrogen-bond acceptors (Lipinski definition) is 5.